The van der Waals surface area contributed by atoms with Crippen LogP contribution in [0.2, 0.25) is 0 Å². The van der Waals surface area contributed by atoms with Crippen molar-refractivity contribution in [3.8, 4) is 35.1 Å². The van der Waals surface area contributed by atoms with Gasteiger partial charge in [-0.15, -0.1) is 12.4 Å². The number of carbonyl (C=O) groups excluding carboxylic acids is 1. The molecule has 6 rings (SSSR count). The molecule has 1 amide bonds. The van der Waals surface area contributed by atoms with Crippen LogP contribution in [0.5, 0.6) is 23.0 Å². The Bertz CT molecular complexity index is 2460. The van der Waals surface area contributed by atoms with Gasteiger partial charge in [0.1, 0.15) is 38.4 Å². The molecule has 2 saturated heterocycles. The molecule has 0 spiro atoms. The van der Waals surface area contributed by atoms with Gasteiger partial charge in [-0.3, -0.25) is 0 Å². The summed E-state index contributed by atoms with van der Waals surface area (Å²) in [5.41, 5.74) is 3.90. The molecule has 2 aliphatic rings. The molecule has 17 heteroatoms. The highest BCUT2D eigenvalue weighted by Crippen LogP contribution is 2.35. The number of aryl methyl sites for hydroxylation is 4. The quantitative estimate of drug-likeness (QED) is 0.189. The van der Waals surface area contributed by atoms with Gasteiger partial charge in [0.15, 0.2) is 0 Å². The Morgan fingerprint density at radius 1 is 0.617 bits per heavy atom. The summed E-state index contributed by atoms with van der Waals surface area (Å²) in [7, 11) is -7.72. The zero-order chi connectivity index (χ0) is 43.1. The molecule has 0 aromatic heterocycles. The summed E-state index contributed by atoms with van der Waals surface area (Å²) in [6.45, 7) is 15.7. The van der Waals surface area contributed by atoms with E-state index in [4.69, 9.17) is 14.2 Å². The number of benzene rings is 4. The Hall–Kier alpha value is -5.20. The Kier molecular flexibility index (Phi) is 15.8. The van der Waals surface area contributed by atoms with Gasteiger partial charge in [0.25, 0.3) is 0 Å². The van der Waals surface area contributed by atoms with Crippen molar-refractivity contribution in [1.82, 2.24) is 18.8 Å². The van der Waals surface area contributed by atoms with E-state index in [1.807, 2.05) is 76.2 Å². The van der Waals surface area contributed by atoms with Gasteiger partial charge in [-0.25, -0.2) is 21.6 Å². The third-order valence-corrected chi connectivity index (χ3v) is 13.0. The predicted molar refractivity (Wildman–Crippen MR) is 230 cm³/mol. The normalized spacial score (nSPS) is 15.0. The smallest absolute Gasteiger partial charge is 0.410 e. The van der Waals surface area contributed by atoms with Crippen molar-refractivity contribution >= 4 is 38.5 Å². The van der Waals surface area contributed by atoms with E-state index in [-0.39, 0.29) is 71.0 Å². The van der Waals surface area contributed by atoms with Crippen molar-refractivity contribution < 1.29 is 35.8 Å². The van der Waals surface area contributed by atoms with Crippen LogP contribution < -0.4 is 14.8 Å². The summed E-state index contributed by atoms with van der Waals surface area (Å²) in [6, 6.07) is 24.2. The van der Waals surface area contributed by atoms with Gasteiger partial charge in [-0.1, -0.05) is 12.1 Å². The SMILES string of the molecule is Cc1cc(C)cc(Oc2ccc(C#N)cc2S(=O)(=O)N2CCN(C(=O)OC(C)(C)C)CC2)c1.Cc1cc(C)cc(Oc2ccc(C#N)cc2S(=O)(=O)N2CCNCC2)c1.Cl. The van der Waals surface area contributed by atoms with Crippen molar-refractivity contribution in [3.05, 3.63) is 106 Å². The molecule has 4 aromatic carbocycles. The summed E-state index contributed by atoms with van der Waals surface area (Å²) in [4.78, 5) is 13.8. The minimum Gasteiger partial charge on any atom is -0.456 e. The Balaban J connectivity index is 0.000000267. The number of hydrogen-bond donors (Lipinski definition) is 1. The first-order valence-electron chi connectivity index (χ1n) is 19.1. The number of hydrogen-bond acceptors (Lipinski definition) is 11. The number of nitriles is 2. The monoisotopic (exact) mass is 878 g/mol. The first-order valence-corrected chi connectivity index (χ1v) is 22.0. The predicted octanol–water partition coefficient (Wildman–Crippen LogP) is 7.19. The summed E-state index contributed by atoms with van der Waals surface area (Å²) in [5, 5.41) is 21.6. The molecule has 0 radical (unpaired) electrons. The van der Waals surface area contributed by atoms with E-state index < -0.39 is 31.7 Å². The summed E-state index contributed by atoms with van der Waals surface area (Å²) < 4.78 is 73.2. The topological polar surface area (TPSA) is 182 Å². The second-order valence-electron chi connectivity index (χ2n) is 15.4. The Labute approximate surface area is 359 Å². The van der Waals surface area contributed by atoms with Crippen molar-refractivity contribution in [2.45, 2.75) is 63.9 Å². The number of sulfonamides is 2. The summed E-state index contributed by atoms with van der Waals surface area (Å²) >= 11 is 0. The van der Waals surface area contributed by atoms with Gasteiger partial charge in [-0.2, -0.15) is 19.1 Å². The van der Waals surface area contributed by atoms with Crippen LogP contribution in [-0.4, -0.2) is 94.4 Å². The first-order chi connectivity index (χ1) is 27.8. The van der Waals surface area contributed by atoms with Crippen LogP contribution >= 0.6 is 12.4 Å². The number of halogens is 1. The fourth-order valence-electron chi connectivity index (χ4n) is 6.56. The largest absolute Gasteiger partial charge is 0.456 e. The van der Waals surface area contributed by atoms with E-state index in [9.17, 15) is 32.2 Å². The maximum Gasteiger partial charge on any atom is 0.410 e. The van der Waals surface area contributed by atoms with Crippen molar-refractivity contribution in [2.75, 3.05) is 52.4 Å². The van der Waals surface area contributed by atoms with Crippen molar-refractivity contribution in [3.63, 3.8) is 0 Å². The molecule has 4 aromatic rings. The fourth-order valence-corrected chi connectivity index (χ4v) is 9.71. The molecule has 0 saturated carbocycles. The molecular formula is C43H51ClN6O8S2. The summed E-state index contributed by atoms with van der Waals surface area (Å²) in [6.07, 6.45) is -0.468. The number of rotatable bonds is 8. The van der Waals surface area contributed by atoms with Crippen molar-refractivity contribution in [2.24, 2.45) is 0 Å². The lowest BCUT2D eigenvalue weighted by Gasteiger charge is -2.35. The molecule has 2 heterocycles. The lowest BCUT2D eigenvalue weighted by Crippen LogP contribution is -2.51. The molecular weight excluding hydrogens is 828 g/mol. The summed E-state index contributed by atoms with van der Waals surface area (Å²) in [5.74, 6) is 1.47. The molecule has 2 aliphatic heterocycles. The highest BCUT2D eigenvalue weighted by molar-refractivity contribution is 7.89. The average Bonchev–Trinajstić information content (AvgIpc) is 3.17. The molecule has 320 valence electrons. The number of nitrogens with one attached hydrogen (secondary N) is 1. The zero-order valence-electron chi connectivity index (χ0n) is 34.8. The maximum atomic E-state index is 13.5. The Morgan fingerprint density at radius 2 is 1.00 bits per heavy atom. The molecule has 60 heavy (non-hydrogen) atoms. The van der Waals surface area contributed by atoms with Crippen LogP contribution in [0, 0.1) is 50.4 Å². The highest BCUT2D eigenvalue weighted by atomic mass is 35.5. The number of ether oxygens (including phenoxy) is 3. The van der Waals surface area contributed by atoms with Crippen LogP contribution in [0.25, 0.3) is 0 Å². The number of piperazine rings is 2. The first kappa shape index (κ1) is 47.5. The van der Waals surface area contributed by atoms with Gasteiger partial charge < -0.3 is 24.4 Å². The second kappa shape index (κ2) is 19.9. The average molecular weight is 880 g/mol. The van der Waals surface area contributed by atoms with E-state index in [1.54, 1.807) is 32.9 Å². The number of nitrogens with zero attached hydrogens (tertiary/aromatic N) is 5. The van der Waals surface area contributed by atoms with Gasteiger partial charge in [0.2, 0.25) is 20.0 Å². The third-order valence-electron chi connectivity index (χ3n) is 9.19. The van der Waals surface area contributed by atoms with Crippen molar-refractivity contribution in [1.29, 1.82) is 10.5 Å². The molecule has 0 atom stereocenters. The Morgan fingerprint density at radius 3 is 1.37 bits per heavy atom. The number of carbonyl (C=O) groups is 1. The molecule has 0 bridgehead atoms. The second-order valence-corrected chi connectivity index (χ2v) is 19.2. The standard InChI is InChI=1S/C24H29N3O5S.C19H21N3O3S.ClH/c1-17-12-18(2)14-20(13-17)31-21-7-6-19(16-25)15-22(21)33(29,30)27-10-8-26(9-11-27)23(28)32-24(3,4)5;1-14-9-15(2)11-17(10-14)25-18-4-3-16(13-20)12-19(18)26(23,24)22-7-5-21-6-8-22;/h6-7,12-15H,8-11H2,1-5H3;3-4,9-12,21H,5-8H2,1-2H3;1H. The van der Waals surface area contributed by atoms with Crippen LogP contribution in [0.4, 0.5) is 4.79 Å². The van der Waals surface area contributed by atoms with Gasteiger partial charge in [-0.05, 0) is 131 Å². The van der Waals surface area contributed by atoms with E-state index in [1.165, 1.54) is 37.8 Å². The number of amides is 1. The minimum absolute atomic E-state index is 0. The molecule has 2 fully saturated rings. The molecule has 0 unspecified atom stereocenters. The maximum absolute atomic E-state index is 13.5. The minimum atomic E-state index is -3.97. The van der Waals surface area contributed by atoms with E-state index in [0.717, 1.165) is 22.3 Å². The van der Waals surface area contributed by atoms with Crippen LogP contribution in [0.1, 0.15) is 54.2 Å². The van der Waals surface area contributed by atoms with E-state index in [0.29, 0.717) is 37.7 Å². The fraction of sp³-hybridized carbons (Fsp3) is 0.372. The molecule has 14 nitrogen and oxygen atoms in total. The van der Waals surface area contributed by atoms with Gasteiger partial charge in [0.05, 0.1) is 23.3 Å². The van der Waals surface area contributed by atoms with Gasteiger partial charge in [0, 0.05) is 52.4 Å². The lowest BCUT2D eigenvalue weighted by atomic mass is 10.1. The van der Waals surface area contributed by atoms with Crippen LogP contribution in [0.3, 0.4) is 0 Å². The zero-order valence-corrected chi connectivity index (χ0v) is 37.3. The molecule has 1 N–H and O–H groups in total. The van der Waals surface area contributed by atoms with Gasteiger partial charge >= 0.3 is 6.09 Å². The lowest BCUT2D eigenvalue weighted by molar-refractivity contribution is 0.0192. The van der Waals surface area contributed by atoms with Crippen LogP contribution in [0.15, 0.2) is 82.6 Å². The van der Waals surface area contributed by atoms with E-state index in [2.05, 4.69) is 5.32 Å². The molecule has 0 aliphatic carbocycles. The highest BCUT2D eigenvalue weighted by Gasteiger charge is 2.34. The third kappa shape index (κ3) is 12.2. The van der Waals surface area contributed by atoms with Crippen LogP contribution in [-0.2, 0) is 24.8 Å². The van der Waals surface area contributed by atoms with E-state index >= 15 is 0 Å².